The molecule has 3 rings (SSSR count). The van der Waals surface area contributed by atoms with Gasteiger partial charge in [0.05, 0.1) is 19.4 Å². The Morgan fingerprint density at radius 2 is 2.07 bits per heavy atom. The molecule has 0 atom stereocenters. The van der Waals surface area contributed by atoms with Crippen LogP contribution < -0.4 is 10.5 Å². The maximum Gasteiger partial charge on any atom is 0.251 e. The number of hydrogen-bond donors (Lipinski definition) is 1. The number of methoxy groups -OCH3 is 1. The molecule has 0 fully saturated rings. The van der Waals surface area contributed by atoms with Crippen molar-refractivity contribution >= 4 is 23.3 Å². The van der Waals surface area contributed by atoms with Gasteiger partial charge in [-0.15, -0.1) is 11.3 Å². The van der Waals surface area contributed by atoms with E-state index in [-0.39, 0.29) is 5.91 Å². The SMILES string of the molecule is COc1ccc(/C=C/C(=O)N(Cc2cccs2)C2=C(N)CC=CC=C2)cc1. The van der Waals surface area contributed by atoms with Crippen LogP contribution in [0.1, 0.15) is 16.9 Å². The molecule has 2 aromatic rings. The molecule has 1 amide bonds. The van der Waals surface area contributed by atoms with Crippen molar-refractivity contribution in [2.75, 3.05) is 7.11 Å². The molecule has 1 aromatic carbocycles. The lowest BCUT2D eigenvalue weighted by molar-refractivity contribution is -0.124. The maximum absolute atomic E-state index is 13.0. The highest BCUT2D eigenvalue weighted by Crippen LogP contribution is 2.21. The first-order valence-electron chi connectivity index (χ1n) is 8.65. The summed E-state index contributed by atoms with van der Waals surface area (Å²) in [5.41, 5.74) is 8.60. The molecule has 2 N–H and O–H groups in total. The molecule has 1 aromatic heterocycles. The number of nitrogens with two attached hydrogens (primary N) is 1. The fraction of sp³-hybridized carbons (Fsp3) is 0.136. The van der Waals surface area contributed by atoms with Crippen LogP contribution in [0.3, 0.4) is 0 Å². The summed E-state index contributed by atoms with van der Waals surface area (Å²) in [4.78, 5) is 15.8. The second kappa shape index (κ2) is 9.05. The summed E-state index contributed by atoms with van der Waals surface area (Å²) in [7, 11) is 1.63. The first-order chi connectivity index (χ1) is 13.2. The van der Waals surface area contributed by atoms with Crippen molar-refractivity contribution in [1.82, 2.24) is 4.90 Å². The topological polar surface area (TPSA) is 55.6 Å². The zero-order chi connectivity index (χ0) is 19.1. The van der Waals surface area contributed by atoms with Gasteiger partial charge >= 0.3 is 0 Å². The molecular weight excluding hydrogens is 356 g/mol. The number of benzene rings is 1. The average Bonchev–Trinajstić information content (AvgIpc) is 3.12. The minimum Gasteiger partial charge on any atom is -0.497 e. The van der Waals surface area contributed by atoms with Gasteiger partial charge in [-0.2, -0.15) is 0 Å². The van der Waals surface area contributed by atoms with Crippen molar-refractivity contribution in [3.63, 3.8) is 0 Å². The number of allylic oxidation sites excluding steroid dienone is 4. The summed E-state index contributed by atoms with van der Waals surface area (Å²) in [6.07, 6.45) is 11.8. The average molecular weight is 378 g/mol. The molecule has 5 heteroatoms. The fourth-order valence-corrected chi connectivity index (χ4v) is 3.40. The van der Waals surface area contributed by atoms with Crippen LogP contribution in [0.2, 0.25) is 0 Å². The third-order valence-electron chi connectivity index (χ3n) is 4.15. The van der Waals surface area contributed by atoms with Gasteiger partial charge in [0, 0.05) is 23.1 Å². The number of hydrogen-bond acceptors (Lipinski definition) is 4. The fourth-order valence-electron chi connectivity index (χ4n) is 2.71. The molecule has 0 spiro atoms. The van der Waals surface area contributed by atoms with Crippen molar-refractivity contribution in [3.05, 3.63) is 94.0 Å². The smallest absolute Gasteiger partial charge is 0.251 e. The summed E-state index contributed by atoms with van der Waals surface area (Å²) in [6, 6.07) is 11.6. The van der Waals surface area contributed by atoms with Crippen LogP contribution in [0.4, 0.5) is 0 Å². The number of nitrogens with zero attached hydrogens (tertiary/aromatic N) is 1. The van der Waals surface area contributed by atoms with E-state index in [2.05, 4.69) is 0 Å². The summed E-state index contributed by atoms with van der Waals surface area (Å²) < 4.78 is 5.16. The Bertz CT molecular complexity index is 891. The van der Waals surface area contributed by atoms with Crippen molar-refractivity contribution in [1.29, 1.82) is 0 Å². The van der Waals surface area contributed by atoms with E-state index in [1.54, 1.807) is 35.5 Å². The van der Waals surface area contributed by atoms with E-state index >= 15 is 0 Å². The highest BCUT2D eigenvalue weighted by molar-refractivity contribution is 7.09. The Balaban J connectivity index is 1.84. The number of carbonyl (C=O) groups excluding carboxylic acids is 1. The predicted molar refractivity (Wildman–Crippen MR) is 111 cm³/mol. The van der Waals surface area contributed by atoms with E-state index < -0.39 is 0 Å². The lowest BCUT2D eigenvalue weighted by Gasteiger charge is -2.23. The Morgan fingerprint density at radius 3 is 2.78 bits per heavy atom. The van der Waals surface area contributed by atoms with Crippen LogP contribution in [0, 0.1) is 0 Å². The van der Waals surface area contributed by atoms with E-state index in [9.17, 15) is 4.79 Å². The van der Waals surface area contributed by atoms with Gasteiger partial charge in [-0.05, 0) is 41.3 Å². The lowest BCUT2D eigenvalue weighted by atomic mass is 10.2. The van der Waals surface area contributed by atoms with E-state index in [1.807, 2.05) is 66.1 Å². The Kier molecular flexibility index (Phi) is 6.28. The summed E-state index contributed by atoms with van der Waals surface area (Å²) in [5.74, 6) is 0.676. The molecule has 138 valence electrons. The van der Waals surface area contributed by atoms with E-state index in [1.165, 1.54) is 0 Å². The molecule has 0 aliphatic heterocycles. The first kappa shape index (κ1) is 18.7. The quantitative estimate of drug-likeness (QED) is 0.754. The van der Waals surface area contributed by atoms with Gasteiger partial charge < -0.3 is 15.4 Å². The summed E-state index contributed by atoms with van der Waals surface area (Å²) in [6.45, 7) is 0.490. The minimum atomic E-state index is -0.108. The third-order valence-corrected chi connectivity index (χ3v) is 5.01. The van der Waals surface area contributed by atoms with E-state index in [0.29, 0.717) is 18.7 Å². The minimum absolute atomic E-state index is 0.108. The molecule has 1 aliphatic carbocycles. The van der Waals surface area contributed by atoms with Crippen molar-refractivity contribution in [2.24, 2.45) is 5.73 Å². The van der Waals surface area contributed by atoms with E-state index in [0.717, 1.165) is 21.9 Å². The van der Waals surface area contributed by atoms with Crippen LogP contribution >= 0.6 is 11.3 Å². The zero-order valence-corrected chi connectivity index (χ0v) is 16.0. The van der Waals surface area contributed by atoms with Gasteiger partial charge in [-0.1, -0.05) is 36.4 Å². The van der Waals surface area contributed by atoms with Crippen LogP contribution in [0.25, 0.3) is 6.08 Å². The first-order valence-corrected chi connectivity index (χ1v) is 9.53. The Labute approximate surface area is 163 Å². The maximum atomic E-state index is 13.0. The number of rotatable bonds is 6. The molecule has 0 saturated carbocycles. The van der Waals surface area contributed by atoms with Crippen LogP contribution in [-0.4, -0.2) is 17.9 Å². The number of ether oxygens (including phenoxy) is 1. The molecule has 0 radical (unpaired) electrons. The van der Waals surface area contributed by atoms with Gasteiger partial charge in [0.15, 0.2) is 0 Å². The van der Waals surface area contributed by atoms with Gasteiger partial charge in [-0.3, -0.25) is 4.79 Å². The van der Waals surface area contributed by atoms with Gasteiger partial charge in [-0.25, -0.2) is 0 Å². The van der Waals surface area contributed by atoms with Crippen molar-refractivity contribution in [3.8, 4) is 5.75 Å². The van der Waals surface area contributed by atoms with E-state index in [4.69, 9.17) is 10.5 Å². The summed E-state index contributed by atoms with van der Waals surface area (Å²) >= 11 is 1.62. The normalized spacial score (nSPS) is 13.8. The molecule has 0 bridgehead atoms. The van der Waals surface area contributed by atoms with Crippen LogP contribution in [0.5, 0.6) is 5.75 Å². The molecular formula is C22H22N2O2S. The Hall–Kier alpha value is -3.05. The lowest BCUT2D eigenvalue weighted by Crippen LogP contribution is -2.29. The standard InChI is InChI=1S/C22H22N2O2S/c1-26-18-12-9-17(10-13-18)11-14-22(25)24(16-19-6-5-15-27-19)21-8-4-2-3-7-20(21)23/h2-6,8-15H,7,16,23H2,1H3/b14-11+. The van der Waals surface area contributed by atoms with Crippen LogP contribution in [-0.2, 0) is 11.3 Å². The number of amides is 1. The Morgan fingerprint density at radius 1 is 1.26 bits per heavy atom. The third kappa shape index (κ3) is 4.99. The molecule has 27 heavy (non-hydrogen) atoms. The molecule has 1 aliphatic rings. The zero-order valence-electron chi connectivity index (χ0n) is 15.2. The second-order valence-electron chi connectivity index (χ2n) is 6.01. The number of carbonyl (C=O) groups is 1. The largest absolute Gasteiger partial charge is 0.497 e. The van der Waals surface area contributed by atoms with Gasteiger partial charge in [0.1, 0.15) is 5.75 Å². The predicted octanol–water partition coefficient (Wildman–Crippen LogP) is 4.49. The molecule has 0 saturated heterocycles. The van der Waals surface area contributed by atoms with Gasteiger partial charge in [0.2, 0.25) is 0 Å². The molecule has 1 heterocycles. The summed E-state index contributed by atoms with van der Waals surface area (Å²) in [5, 5.41) is 2.01. The second-order valence-corrected chi connectivity index (χ2v) is 7.04. The highest BCUT2D eigenvalue weighted by atomic mass is 32.1. The highest BCUT2D eigenvalue weighted by Gasteiger charge is 2.18. The number of thiophene rings is 1. The van der Waals surface area contributed by atoms with Crippen molar-refractivity contribution in [2.45, 2.75) is 13.0 Å². The molecule has 0 unspecified atom stereocenters. The van der Waals surface area contributed by atoms with Crippen LogP contribution in [0.15, 0.2) is 83.6 Å². The van der Waals surface area contributed by atoms with Gasteiger partial charge in [0.25, 0.3) is 5.91 Å². The molecule has 4 nitrogen and oxygen atoms in total. The van der Waals surface area contributed by atoms with Crippen molar-refractivity contribution < 1.29 is 9.53 Å². The monoisotopic (exact) mass is 378 g/mol.